The van der Waals surface area contributed by atoms with E-state index in [-0.39, 0.29) is 11.9 Å². The molecular weight excluding hydrogens is 297 g/mol. The average Bonchev–Trinajstić information content (AvgIpc) is 3.05. The maximum Gasteiger partial charge on any atom is 0.264 e. The number of hydrogen-bond acceptors (Lipinski definition) is 5. The summed E-state index contributed by atoms with van der Waals surface area (Å²) >= 11 is 0. The molecule has 2 aromatic carbocycles. The fourth-order valence-corrected chi connectivity index (χ4v) is 2.65. The molecule has 1 aliphatic heterocycles. The third-order valence-electron chi connectivity index (χ3n) is 3.76. The van der Waals surface area contributed by atoms with Crippen molar-refractivity contribution < 1.29 is 13.7 Å². The molecule has 1 N–H and O–H groups in total. The number of benzene rings is 2. The van der Waals surface area contributed by atoms with Crippen LogP contribution < -0.4 is 10.1 Å². The first-order valence-corrected chi connectivity index (χ1v) is 7.37. The number of aromatic nitrogens is 2. The van der Waals surface area contributed by atoms with Crippen molar-refractivity contribution in [2.75, 3.05) is 11.9 Å². The lowest BCUT2D eigenvalue weighted by molar-refractivity contribution is 0.273. The van der Waals surface area contributed by atoms with Crippen LogP contribution in [0.3, 0.4) is 0 Å². The minimum Gasteiger partial charge on any atom is -0.493 e. The zero-order chi connectivity index (χ0) is 15.6. The van der Waals surface area contributed by atoms with Gasteiger partial charge in [-0.3, -0.25) is 0 Å². The van der Waals surface area contributed by atoms with Crippen molar-refractivity contribution in [3.05, 3.63) is 59.9 Å². The van der Waals surface area contributed by atoms with Gasteiger partial charge < -0.3 is 14.6 Å². The standard InChI is InChI=1S/C17H14FN3O2/c18-12-6-7-15-13(10-12)14(8-9-22-15)19-17-20-16(23-21-17)11-4-2-1-3-5-11/h1-7,10,14H,8-9H2,(H,19,21). The van der Waals surface area contributed by atoms with Crippen molar-refractivity contribution in [2.24, 2.45) is 0 Å². The van der Waals surface area contributed by atoms with Crippen LogP contribution in [-0.4, -0.2) is 16.7 Å². The molecule has 0 radical (unpaired) electrons. The molecule has 23 heavy (non-hydrogen) atoms. The number of nitrogens with zero attached hydrogens (tertiary/aromatic N) is 2. The smallest absolute Gasteiger partial charge is 0.264 e. The van der Waals surface area contributed by atoms with E-state index in [9.17, 15) is 4.39 Å². The van der Waals surface area contributed by atoms with E-state index in [2.05, 4.69) is 15.5 Å². The molecule has 1 atom stereocenters. The zero-order valence-corrected chi connectivity index (χ0v) is 12.2. The number of hydrogen-bond donors (Lipinski definition) is 1. The van der Waals surface area contributed by atoms with Gasteiger partial charge in [0.05, 0.1) is 12.6 Å². The third-order valence-corrected chi connectivity index (χ3v) is 3.76. The number of ether oxygens (including phenoxy) is 1. The molecule has 0 saturated carbocycles. The van der Waals surface area contributed by atoms with Gasteiger partial charge in [0.15, 0.2) is 0 Å². The Balaban J connectivity index is 1.58. The Morgan fingerprint density at radius 1 is 1.13 bits per heavy atom. The molecule has 116 valence electrons. The highest BCUT2D eigenvalue weighted by atomic mass is 19.1. The number of halogens is 1. The molecule has 0 bridgehead atoms. The number of anilines is 1. The lowest BCUT2D eigenvalue weighted by atomic mass is 10.0. The van der Waals surface area contributed by atoms with Gasteiger partial charge in [-0.15, -0.1) is 0 Å². The number of rotatable bonds is 3. The Morgan fingerprint density at radius 2 is 2.00 bits per heavy atom. The highest BCUT2D eigenvalue weighted by molar-refractivity contribution is 5.54. The van der Waals surface area contributed by atoms with Crippen molar-refractivity contribution in [2.45, 2.75) is 12.5 Å². The Morgan fingerprint density at radius 3 is 2.87 bits per heavy atom. The topological polar surface area (TPSA) is 60.2 Å². The summed E-state index contributed by atoms with van der Waals surface area (Å²) < 4.78 is 24.3. The molecular formula is C17H14FN3O2. The molecule has 6 heteroatoms. The second-order valence-electron chi connectivity index (χ2n) is 5.31. The van der Waals surface area contributed by atoms with Crippen molar-refractivity contribution in [3.8, 4) is 17.2 Å². The van der Waals surface area contributed by atoms with E-state index in [4.69, 9.17) is 9.26 Å². The van der Waals surface area contributed by atoms with Crippen LogP contribution in [0, 0.1) is 5.82 Å². The van der Waals surface area contributed by atoms with E-state index in [1.54, 1.807) is 6.07 Å². The summed E-state index contributed by atoms with van der Waals surface area (Å²) in [7, 11) is 0. The van der Waals surface area contributed by atoms with Gasteiger partial charge in [-0.2, -0.15) is 4.98 Å². The fourth-order valence-electron chi connectivity index (χ4n) is 2.65. The van der Waals surface area contributed by atoms with E-state index in [0.29, 0.717) is 30.6 Å². The SMILES string of the molecule is Fc1ccc2c(c1)C(Nc1noc(-c3ccccc3)n1)CCO2. The summed E-state index contributed by atoms with van der Waals surface area (Å²) in [6.45, 7) is 0.555. The fraction of sp³-hybridized carbons (Fsp3) is 0.176. The van der Waals surface area contributed by atoms with Gasteiger partial charge in [-0.25, -0.2) is 4.39 Å². The molecule has 2 heterocycles. The van der Waals surface area contributed by atoms with E-state index in [1.807, 2.05) is 30.3 Å². The molecule has 0 spiro atoms. The quantitative estimate of drug-likeness (QED) is 0.797. The maximum absolute atomic E-state index is 13.5. The summed E-state index contributed by atoms with van der Waals surface area (Å²) in [4.78, 5) is 4.35. The van der Waals surface area contributed by atoms with E-state index in [0.717, 1.165) is 11.1 Å². The van der Waals surface area contributed by atoms with E-state index in [1.165, 1.54) is 12.1 Å². The van der Waals surface area contributed by atoms with Crippen molar-refractivity contribution >= 4 is 5.95 Å². The highest BCUT2D eigenvalue weighted by Crippen LogP contribution is 2.34. The van der Waals surface area contributed by atoms with Gasteiger partial charge in [-0.05, 0) is 35.5 Å². The van der Waals surface area contributed by atoms with Crippen LogP contribution >= 0.6 is 0 Å². The molecule has 0 saturated heterocycles. The molecule has 3 aromatic rings. The van der Waals surface area contributed by atoms with Crippen molar-refractivity contribution in [1.29, 1.82) is 0 Å². The third kappa shape index (κ3) is 2.75. The van der Waals surface area contributed by atoms with Crippen molar-refractivity contribution in [3.63, 3.8) is 0 Å². The monoisotopic (exact) mass is 311 g/mol. The summed E-state index contributed by atoms with van der Waals surface area (Å²) in [5.41, 5.74) is 1.62. The maximum atomic E-state index is 13.5. The summed E-state index contributed by atoms with van der Waals surface area (Å²) in [5, 5.41) is 7.14. The minimum absolute atomic E-state index is 0.115. The Kier molecular flexibility index (Phi) is 3.42. The van der Waals surface area contributed by atoms with Crippen molar-refractivity contribution in [1.82, 2.24) is 10.1 Å². The van der Waals surface area contributed by atoms with Crippen LogP contribution in [0.15, 0.2) is 53.1 Å². The largest absolute Gasteiger partial charge is 0.493 e. The lowest BCUT2D eigenvalue weighted by Gasteiger charge is -2.26. The Labute approximate surface area is 132 Å². The summed E-state index contributed by atoms with van der Waals surface area (Å²) in [6.07, 6.45) is 0.700. The van der Waals surface area contributed by atoms with Crippen LogP contribution in [-0.2, 0) is 0 Å². The molecule has 0 aliphatic carbocycles. The highest BCUT2D eigenvalue weighted by Gasteiger charge is 2.23. The second-order valence-corrected chi connectivity index (χ2v) is 5.31. The van der Waals surface area contributed by atoms with Gasteiger partial charge >= 0.3 is 0 Å². The summed E-state index contributed by atoms with van der Waals surface area (Å²) in [6, 6.07) is 13.9. The molecule has 1 aromatic heterocycles. The zero-order valence-electron chi connectivity index (χ0n) is 12.2. The molecule has 5 nitrogen and oxygen atoms in total. The van der Waals surface area contributed by atoms with E-state index < -0.39 is 0 Å². The molecule has 4 rings (SSSR count). The molecule has 1 unspecified atom stereocenters. The van der Waals surface area contributed by atoms with Crippen LogP contribution in [0.2, 0.25) is 0 Å². The van der Waals surface area contributed by atoms with Crippen LogP contribution in [0.1, 0.15) is 18.0 Å². The van der Waals surface area contributed by atoms with Gasteiger partial charge in [0, 0.05) is 17.5 Å². The van der Waals surface area contributed by atoms with Gasteiger partial charge in [-0.1, -0.05) is 18.2 Å². The average molecular weight is 311 g/mol. The normalized spacial score (nSPS) is 16.5. The van der Waals surface area contributed by atoms with Crippen LogP contribution in [0.5, 0.6) is 5.75 Å². The molecule has 0 amide bonds. The predicted molar refractivity (Wildman–Crippen MR) is 82.6 cm³/mol. The van der Waals surface area contributed by atoms with Gasteiger partial charge in [0.1, 0.15) is 11.6 Å². The van der Waals surface area contributed by atoms with Crippen LogP contribution in [0.4, 0.5) is 10.3 Å². The number of nitrogens with one attached hydrogen (secondary N) is 1. The Bertz CT molecular complexity index is 820. The Hall–Kier alpha value is -2.89. The predicted octanol–water partition coefficient (Wildman–Crippen LogP) is 3.81. The first-order chi connectivity index (χ1) is 11.3. The second kappa shape index (κ2) is 5.72. The van der Waals surface area contributed by atoms with Gasteiger partial charge in [0.25, 0.3) is 11.8 Å². The van der Waals surface area contributed by atoms with E-state index >= 15 is 0 Å². The lowest BCUT2D eigenvalue weighted by Crippen LogP contribution is -2.21. The summed E-state index contributed by atoms with van der Waals surface area (Å²) in [5.74, 6) is 1.21. The van der Waals surface area contributed by atoms with Crippen LogP contribution in [0.25, 0.3) is 11.5 Å². The molecule has 0 fully saturated rings. The number of fused-ring (bicyclic) bond motifs is 1. The molecule has 1 aliphatic rings. The minimum atomic E-state index is -0.292. The first-order valence-electron chi connectivity index (χ1n) is 7.37. The first kappa shape index (κ1) is 13.8. The van der Waals surface area contributed by atoms with Gasteiger partial charge in [0.2, 0.25) is 0 Å².